The number of hydrogen-bond acceptors (Lipinski definition) is 3. The van der Waals surface area contributed by atoms with Gasteiger partial charge < -0.3 is 0 Å². The second-order valence-electron chi connectivity index (χ2n) is 4.52. The highest BCUT2D eigenvalue weighted by Crippen LogP contribution is 2.26. The average Bonchev–Trinajstić information content (AvgIpc) is 2.88. The molecule has 8 heteroatoms. The predicted octanol–water partition coefficient (Wildman–Crippen LogP) is 5.04. The monoisotopic (exact) mass is 410 g/mol. The number of hydrogen-bond donors (Lipinski definition) is 1. The molecule has 0 amide bonds. The van der Waals surface area contributed by atoms with Crippen molar-refractivity contribution < 1.29 is 4.39 Å². The van der Waals surface area contributed by atoms with Crippen molar-refractivity contribution in [2.75, 3.05) is 0 Å². The summed E-state index contributed by atoms with van der Waals surface area (Å²) < 4.78 is 16.4. The van der Waals surface area contributed by atoms with Crippen LogP contribution in [-0.4, -0.2) is 21.1 Å². The van der Waals surface area contributed by atoms with Crippen molar-refractivity contribution in [1.82, 2.24) is 14.9 Å². The van der Waals surface area contributed by atoms with Gasteiger partial charge in [-0.15, -0.1) is 0 Å². The minimum absolute atomic E-state index is 0.190. The lowest BCUT2D eigenvalue weighted by Gasteiger charge is -2.04. The maximum Gasteiger partial charge on any atom is 0.216 e. The first kappa shape index (κ1) is 16.0. The van der Waals surface area contributed by atoms with Crippen molar-refractivity contribution in [3.05, 3.63) is 68.1 Å². The summed E-state index contributed by atoms with van der Waals surface area (Å²) in [5.41, 5.74) is 0.993. The molecule has 23 heavy (non-hydrogen) atoms. The molecule has 0 fully saturated rings. The van der Waals surface area contributed by atoms with Crippen LogP contribution in [0.1, 0.15) is 5.56 Å². The van der Waals surface area contributed by atoms with E-state index in [1.165, 1.54) is 23.0 Å². The topological polar surface area (TPSA) is 46.0 Å². The quantitative estimate of drug-likeness (QED) is 0.484. The molecule has 0 aliphatic carbocycles. The van der Waals surface area contributed by atoms with Crippen LogP contribution >= 0.6 is 39.7 Å². The van der Waals surface area contributed by atoms with Gasteiger partial charge in [-0.05, 0) is 36.5 Å². The number of benzene rings is 2. The summed E-state index contributed by atoms with van der Waals surface area (Å²) in [5.74, 6) is 0.0462. The van der Waals surface area contributed by atoms with Crippen LogP contribution in [0.4, 0.5) is 4.39 Å². The van der Waals surface area contributed by atoms with Crippen LogP contribution in [0.3, 0.4) is 0 Å². The van der Waals surface area contributed by atoms with Crippen LogP contribution in [0.2, 0.25) is 5.02 Å². The molecule has 0 aliphatic heterocycles. The van der Waals surface area contributed by atoms with Gasteiger partial charge in [-0.1, -0.05) is 45.7 Å². The summed E-state index contributed by atoms with van der Waals surface area (Å²) >= 11 is 14.6. The standard InChI is InChI=1S/C15H9BrClFN4S/c16-11-5-2-1-4-9(11)14-20-21-15(23)22(14)19-8-10-12(17)6-3-7-13(10)18/h1-8H,(H,21,23)/b19-8+. The van der Waals surface area contributed by atoms with Gasteiger partial charge in [0.15, 0.2) is 5.82 Å². The minimum atomic E-state index is -0.460. The van der Waals surface area contributed by atoms with Crippen molar-refractivity contribution in [2.24, 2.45) is 5.10 Å². The lowest BCUT2D eigenvalue weighted by molar-refractivity contribution is 0.625. The average molecular weight is 412 g/mol. The van der Waals surface area contributed by atoms with Crippen LogP contribution < -0.4 is 0 Å². The fraction of sp³-hybridized carbons (Fsp3) is 0. The number of nitrogens with zero attached hydrogens (tertiary/aromatic N) is 3. The Bertz CT molecular complexity index is 930. The summed E-state index contributed by atoms with van der Waals surface area (Å²) in [4.78, 5) is 0. The molecule has 1 heterocycles. The maximum absolute atomic E-state index is 13.8. The zero-order valence-electron chi connectivity index (χ0n) is 11.5. The third kappa shape index (κ3) is 3.26. The van der Waals surface area contributed by atoms with Crippen LogP contribution in [-0.2, 0) is 0 Å². The van der Waals surface area contributed by atoms with Crippen molar-refractivity contribution in [2.45, 2.75) is 0 Å². The number of halogens is 3. The Labute approximate surface area is 149 Å². The van der Waals surface area contributed by atoms with Crippen molar-refractivity contribution in [3.63, 3.8) is 0 Å². The third-order valence-corrected chi connectivity index (χ3v) is 4.35. The molecule has 0 radical (unpaired) electrons. The molecule has 3 rings (SSSR count). The van der Waals surface area contributed by atoms with Crippen LogP contribution in [0.15, 0.2) is 52.0 Å². The zero-order valence-corrected chi connectivity index (χ0v) is 14.7. The lowest BCUT2D eigenvalue weighted by Crippen LogP contribution is -1.97. The number of aromatic amines is 1. The molecule has 1 aromatic heterocycles. The van der Waals surface area contributed by atoms with Crippen LogP contribution in [0, 0.1) is 10.6 Å². The van der Waals surface area contributed by atoms with Gasteiger partial charge in [0.05, 0.1) is 11.2 Å². The second-order valence-corrected chi connectivity index (χ2v) is 6.17. The van der Waals surface area contributed by atoms with E-state index in [1.54, 1.807) is 6.07 Å². The Kier molecular flexibility index (Phi) is 4.70. The maximum atomic E-state index is 13.8. The van der Waals surface area contributed by atoms with E-state index >= 15 is 0 Å². The molecule has 0 spiro atoms. The summed E-state index contributed by atoms with van der Waals surface area (Å²) in [6, 6.07) is 12.0. The second kappa shape index (κ2) is 6.74. The van der Waals surface area contributed by atoms with Gasteiger partial charge in [0, 0.05) is 15.6 Å². The van der Waals surface area contributed by atoms with Gasteiger partial charge in [0.1, 0.15) is 5.82 Å². The van der Waals surface area contributed by atoms with E-state index in [0.717, 1.165) is 10.0 Å². The van der Waals surface area contributed by atoms with E-state index in [4.69, 9.17) is 23.8 Å². The Morgan fingerprint density at radius 3 is 2.78 bits per heavy atom. The number of H-pyrrole nitrogens is 1. The molecular formula is C15H9BrClFN4S. The summed E-state index contributed by atoms with van der Waals surface area (Å²) in [5, 5.41) is 11.4. The van der Waals surface area contributed by atoms with Crippen molar-refractivity contribution in [1.29, 1.82) is 0 Å². The molecular weight excluding hydrogens is 403 g/mol. The van der Waals surface area contributed by atoms with Crippen LogP contribution in [0.5, 0.6) is 0 Å². The highest BCUT2D eigenvalue weighted by Gasteiger charge is 2.11. The molecule has 0 unspecified atom stereocenters. The number of nitrogens with one attached hydrogen (secondary N) is 1. The SMILES string of the molecule is Fc1cccc(Cl)c1/C=N/n1c(-c2ccccc2Br)n[nH]c1=S. The summed E-state index contributed by atoms with van der Waals surface area (Å²) in [6.07, 6.45) is 1.32. The molecule has 2 aromatic carbocycles. The molecule has 1 N–H and O–H groups in total. The van der Waals surface area contributed by atoms with E-state index in [-0.39, 0.29) is 10.6 Å². The number of rotatable bonds is 3. The first-order valence-corrected chi connectivity index (χ1v) is 8.06. The first-order chi connectivity index (χ1) is 11.1. The van der Waals surface area contributed by atoms with Gasteiger partial charge in [-0.25, -0.2) is 9.49 Å². The molecule has 0 aliphatic rings. The van der Waals surface area contributed by atoms with Gasteiger partial charge in [-0.3, -0.25) is 0 Å². The smallest absolute Gasteiger partial charge is 0.216 e. The summed E-state index contributed by atoms with van der Waals surface area (Å²) in [7, 11) is 0. The van der Waals surface area contributed by atoms with E-state index in [2.05, 4.69) is 31.2 Å². The summed E-state index contributed by atoms with van der Waals surface area (Å²) in [6.45, 7) is 0. The zero-order chi connectivity index (χ0) is 16.4. The fourth-order valence-corrected chi connectivity index (χ4v) is 2.82. The molecule has 0 atom stereocenters. The molecule has 116 valence electrons. The predicted molar refractivity (Wildman–Crippen MR) is 94.9 cm³/mol. The van der Waals surface area contributed by atoms with Crippen molar-refractivity contribution >= 4 is 46.0 Å². The Morgan fingerprint density at radius 1 is 1.26 bits per heavy atom. The Hall–Kier alpha value is -1.83. The lowest BCUT2D eigenvalue weighted by atomic mass is 10.2. The Morgan fingerprint density at radius 2 is 2.04 bits per heavy atom. The number of aromatic nitrogens is 3. The van der Waals surface area contributed by atoms with E-state index in [1.807, 2.05) is 24.3 Å². The molecule has 0 saturated heterocycles. The Balaban J connectivity index is 2.09. The largest absolute Gasteiger partial charge is 0.250 e. The fourth-order valence-electron chi connectivity index (χ4n) is 1.97. The highest BCUT2D eigenvalue weighted by molar-refractivity contribution is 9.10. The van der Waals surface area contributed by atoms with E-state index in [0.29, 0.717) is 10.6 Å². The van der Waals surface area contributed by atoms with Gasteiger partial charge in [0.25, 0.3) is 0 Å². The van der Waals surface area contributed by atoms with Crippen LogP contribution in [0.25, 0.3) is 11.4 Å². The third-order valence-electron chi connectivity index (χ3n) is 3.07. The van der Waals surface area contributed by atoms with E-state index < -0.39 is 5.82 Å². The molecule has 3 aromatic rings. The molecule has 0 saturated carbocycles. The van der Waals surface area contributed by atoms with Gasteiger partial charge in [0.2, 0.25) is 4.77 Å². The minimum Gasteiger partial charge on any atom is -0.250 e. The van der Waals surface area contributed by atoms with Gasteiger partial charge in [-0.2, -0.15) is 14.9 Å². The first-order valence-electron chi connectivity index (χ1n) is 6.48. The molecule has 0 bridgehead atoms. The normalized spacial score (nSPS) is 11.3. The van der Waals surface area contributed by atoms with E-state index in [9.17, 15) is 4.39 Å². The highest BCUT2D eigenvalue weighted by atomic mass is 79.9. The van der Waals surface area contributed by atoms with Gasteiger partial charge >= 0.3 is 0 Å². The molecule has 4 nitrogen and oxygen atoms in total. The van der Waals surface area contributed by atoms with Crippen molar-refractivity contribution in [3.8, 4) is 11.4 Å².